The van der Waals surface area contributed by atoms with Crippen LogP contribution < -0.4 is 19.1 Å². The summed E-state index contributed by atoms with van der Waals surface area (Å²) in [4.78, 5) is 30.4. The molecule has 1 amide bonds. The molecule has 2 heterocycles. The lowest BCUT2D eigenvalue weighted by molar-refractivity contribution is -0.143. The van der Waals surface area contributed by atoms with Crippen LogP contribution in [-0.4, -0.2) is 54.9 Å². The molecular weight excluding hydrogens is 484 g/mol. The van der Waals surface area contributed by atoms with Gasteiger partial charge < -0.3 is 24.2 Å². The number of carboxylic acids is 1. The number of ether oxygens (including phenoxy) is 3. The molecule has 1 fully saturated rings. The predicted molar refractivity (Wildman–Crippen MR) is 143 cm³/mol. The summed E-state index contributed by atoms with van der Waals surface area (Å²) in [5, 5.41) is 10.5. The number of carbonyl (C=O) groups is 2. The molecule has 1 saturated heterocycles. The number of hydrogen-bond acceptors (Lipinski definition) is 6. The van der Waals surface area contributed by atoms with E-state index in [1.54, 1.807) is 12.0 Å². The number of fused-ring (bicyclic) bond motifs is 1. The van der Waals surface area contributed by atoms with Crippen molar-refractivity contribution >= 4 is 17.6 Å². The minimum Gasteiger partial charge on any atom is -0.497 e. The topological polar surface area (TPSA) is 88.5 Å². The van der Waals surface area contributed by atoms with E-state index in [4.69, 9.17) is 14.2 Å². The predicted octanol–water partition coefficient (Wildman–Crippen LogP) is 4.71. The van der Waals surface area contributed by atoms with Crippen LogP contribution in [0.15, 0.2) is 72.8 Å². The second-order valence-electron chi connectivity index (χ2n) is 9.92. The summed E-state index contributed by atoms with van der Waals surface area (Å²) in [5.74, 6) is -0.187. The highest BCUT2D eigenvalue weighted by Gasteiger charge is 2.48. The van der Waals surface area contributed by atoms with Gasteiger partial charge in [-0.05, 0) is 61.4 Å². The summed E-state index contributed by atoms with van der Waals surface area (Å²) in [6.45, 7) is 4.58. The van der Waals surface area contributed by atoms with E-state index in [2.05, 4.69) is 0 Å². The summed E-state index contributed by atoms with van der Waals surface area (Å²) in [5.41, 5.74) is 2.48. The molecule has 0 unspecified atom stereocenters. The zero-order chi connectivity index (χ0) is 26.8. The first-order chi connectivity index (χ1) is 18.4. The Morgan fingerprint density at radius 3 is 2.34 bits per heavy atom. The third kappa shape index (κ3) is 4.91. The molecule has 1 N–H and O–H groups in total. The quantitative estimate of drug-likeness (QED) is 0.464. The summed E-state index contributed by atoms with van der Waals surface area (Å²) in [7, 11) is 1.59. The lowest BCUT2D eigenvalue weighted by Crippen LogP contribution is -2.44. The zero-order valence-corrected chi connectivity index (χ0v) is 21.7. The Kier molecular flexibility index (Phi) is 7.24. The van der Waals surface area contributed by atoms with Crippen molar-refractivity contribution in [3.63, 3.8) is 0 Å². The fraction of sp³-hybridized carbons (Fsp3) is 0.333. The van der Waals surface area contributed by atoms with E-state index in [0.29, 0.717) is 23.8 Å². The van der Waals surface area contributed by atoms with Gasteiger partial charge in [-0.25, -0.2) is 0 Å². The van der Waals surface area contributed by atoms with Gasteiger partial charge >= 0.3 is 5.97 Å². The Morgan fingerprint density at radius 1 is 1.00 bits per heavy atom. The van der Waals surface area contributed by atoms with Gasteiger partial charge in [-0.3, -0.25) is 14.5 Å². The average Bonchev–Trinajstić information content (AvgIpc) is 3.53. The number of likely N-dealkylation sites (tertiary alicyclic amines) is 1. The Bertz CT molecular complexity index is 1290. The number of carbonyl (C=O) groups excluding carboxylic acids is 1. The molecular formula is C30H32N2O6. The van der Waals surface area contributed by atoms with E-state index < -0.39 is 17.9 Å². The number of rotatable bonds is 8. The van der Waals surface area contributed by atoms with Crippen molar-refractivity contribution < 1.29 is 28.9 Å². The maximum Gasteiger partial charge on any atom is 0.309 e. The van der Waals surface area contributed by atoms with Crippen molar-refractivity contribution in [3.05, 3.63) is 83.9 Å². The SMILES string of the molecule is COc1ccc([C@@H]2[C@@H](C(=O)O)[C@@H](c3ccc4c(c3)OCO4)CN2CC(=O)N(c2ccccc2)C(C)C)cc1. The fourth-order valence-corrected chi connectivity index (χ4v) is 5.64. The number of nitrogens with zero attached hydrogens (tertiary/aromatic N) is 2. The van der Waals surface area contributed by atoms with Crippen molar-refractivity contribution in [1.29, 1.82) is 0 Å². The van der Waals surface area contributed by atoms with Gasteiger partial charge in [-0.2, -0.15) is 0 Å². The molecule has 2 aliphatic rings. The van der Waals surface area contributed by atoms with E-state index >= 15 is 0 Å². The number of carboxylic acid groups (broad SMARTS) is 1. The van der Waals surface area contributed by atoms with Gasteiger partial charge in [0.2, 0.25) is 12.7 Å². The van der Waals surface area contributed by atoms with Crippen molar-refractivity contribution in [1.82, 2.24) is 4.90 Å². The van der Waals surface area contributed by atoms with E-state index in [-0.39, 0.29) is 31.2 Å². The largest absolute Gasteiger partial charge is 0.497 e. The smallest absolute Gasteiger partial charge is 0.309 e. The molecule has 3 aromatic rings. The third-order valence-electron chi connectivity index (χ3n) is 7.32. The number of para-hydroxylation sites is 1. The van der Waals surface area contributed by atoms with Crippen molar-refractivity contribution in [2.75, 3.05) is 31.9 Å². The molecule has 0 bridgehead atoms. The number of amides is 1. The number of hydrogen-bond donors (Lipinski definition) is 1. The summed E-state index contributed by atoms with van der Waals surface area (Å²) in [6, 6.07) is 22.0. The Balaban J connectivity index is 1.52. The lowest BCUT2D eigenvalue weighted by Gasteiger charge is -2.32. The Hall–Kier alpha value is -4.04. The minimum atomic E-state index is -0.910. The van der Waals surface area contributed by atoms with Gasteiger partial charge in [0.15, 0.2) is 11.5 Å². The van der Waals surface area contributed by atoms with Crippen molar-refractivity contribution in [2.45, 2.75) is 31.8 Å². The first-order valence-corrected chi connectivity index (χ1v) is 12.7. The van der Waals surface area contributed by atoms with Gasteiger partial charge in [0.1, 0.15) is 5.75 Å². The minimum absolute atomic E-state index is 0.0631. The molecule has 3 atom stereocenters. The molecule has 2 aliphatic heterocycles. The second kappa shape index (κ2) is 10.8. The van der Waals surface area contributed by atoms with Gasteiger partial charge in [-0.15, -0.1) is 0 Å². The van der Waals surface area contributed by atoms with Crippen LogP contribution in [-0.2, 0) is 9.59 Å². The highest BCUT2D eigenvalue weighted by Crippen LogP contribution is 2.48. The molecule has 8 heteroatoms. The molecule has 0 radical (unpaired) electrons. The molecule has 0 aliphatic carbocycles. The van der Waals surface area contributed by atoms with Crippen molar-refractivity contribution in [2.24, 2.45) is 5.92 Å². The monoisotopic (exact) mass is 516 g/mol. The van der Waals surface area contributed by atoms with Crippen LogP contribution in [0.25, 0.3) is 0 Å². The molecule has 0 spiro atoms. The van der Waals surface area contributed by atoms with Crippen LogP contribution in [0.1, 0.15) is 36.9 Å². The fourth-order valence-electron chi connectivity index (χ4n) is 5.64. The highest BCUT2D eigenvalue weighted by molar-refractivity contribution is 5.95. The first-order valence-electron chi connectivity index (χ1n) is 12.7. The molecule has 0 saturated carbocycles. The Labute approximate surface area is 222 Å². The number of benzene rings is 3. The lowest BCUT2D eigenvalue weighted by atomic mass is 9.82. The molecule has 38 heavy (non-hydrogen) atoms. The standard InChI is InChI=1S/C30H32N2O6/c1-19(2)32(22-7-5-4-6-8-22)27(33)17-31-16-24(21-11-14-25-26(15-21)38-18-37-25)28(30(34)35)29(31)20-9-12-23(36-3)13-10-20/h4-15,19,24,28-29H,16-18H2,1-3H3,(H,34,35)/t24-,28+,29-/m1/s1. The third-order valence-corrected chi connectivity index (χ3v) is 7.32. The highest BCUT2D eigenvalue weighted by atomic mass is 16.7. The van der Waals surface area contributed by atoms with Crippen molar-refractivity contribution in [3.8, 4) is 17.2 Å². The molecule has 5 rings (SSSR count). The Morgan fingerprint density at radius 2 is 1.68 bits per heavy atom. The van der Waals surface area contributed by atoms with Crippen LogP contribution in [0.4, 0.5) is 5.69 Å². The second-order valence-corrected chi connectivity index (χ2v) is 9.92. The molecule has 8 nitrogen and oxygen atoms in total. The molecule has 0 aromatic heterocycles. The van der Waals surface area contributed by atoms with Gasteiger partial charge in [0.05, 0.1) is 19.6 Å². The summed E-state index contributed by atoms with van der Waals surface area (Å²) < 4.78 is 16.3. The summed E-state index contributed by atoms with van der Waals surface area (Å²) >= 11 is 0. The maximum absolute atomic E-state index is 13.8. The van der Waals surface area contributed by atoms with Crippen LogP contribution in [0.2, 0.25) is 0 Å². The normalized spacial score (nSPS) is 20.5. The zero-order valence-electron chi connectivity index (χ0n) is 21.7. The van der Waals surface area contributed by atoms with Gasteiger partial charge in [-0.1, -0.05) is 36.4 Å². The van der Waals surface area contributed by atoms with Crippen LogP contribution in [0.3, 0.4) is 0 Å². The maximum atomic E-state index is 13.8. The van der Waals surface area contributed by atoms with E-state index in [9.17, 15) is 14.7 Å². The van der Waals surface area contributed by atoms with E-state index in [0.717, 1.165) is 16.8 Å². The molecule has 198 valence electrons. The van der Waals surface area contributed by atoms with E-state index in [1.807, 2.05) is 91.5 Å². The number of aliphatic carboxylic acids is 1. The number of anilines is 1. The molecule has 3 aromatic carbocycles. The van der Waals surface area contributed by atoms with E-state index in [1.165, 1.54) is 0 Å². The van der Waals surface area contributed by atoms with Crippen LogP contribution in [0.5, 0.6) is 17.2 Å². The first kappa shape index (κ1) is 25.6. The van der Waals surface area contributed by atoms with Gasteiger partial charge in [0, 0.05) is 30.2 Å². The average molecular weight is 517 g/mol. The van der Waals surface area contributed by atoms with Crippen LogP contribution in [0, 0.1) is 5.92 Å². The van der Waals surface area contributed by atoms with Gasteiger partial charge in [0.25, 0.3) is 0 Å². The van der Waals surface area contributed by atoms with Crippen LogP contribution >= 0.6 is 0 Å². The number of methoxy groups -OCH3 is 1. The summed E-state index contributed by atoms with van der Waals surface area (Å²) in [6.07, 6.45) is 0.